The van der Waals surface area contributed by atoms with Crippen molar-refractivity contribution in [2.24, 2.45) is 0 Å². The number of carbonyl (C=O) groups excluding carboxylic acids is 1. The van der Waals surface area contributed by atoms with Crippen molar-refractivity contribution in [1.82, 2.24) is 0 Å². The Labute approximate surface area is 133 Å². The second-order valence-corrected chi connectivity index (χ2v) is 5.32. The molecule has 0 unspecified atom stereocenters. The molecule has 2 rings (SSSR count). The van der Waals surface area contributed by atoms with E-state index in [4.69, 9.17) is 16.7 Å². The third-order valence-electron chi connectivity index (χ3n) is 2.68. The number of hydrogen-bond donors (Lipinski definition) is 3. The number of anilines is 1. The van der Waals surface area contributed by atoms with Gasteiger partial charge >= 0.3 is 5.97 Å². The number of halogens is 2. The molecule has 0 fully saturated rings. The highest BCUT2D eigenvalue weighted by Gasteiger charge is 2.17. The van der Waals surface area contributed by atoms with Gasteiger partial charge in [-0.05, 0) is 46.3 Å². The molecular formula is C14H9BrClNO4. The number of benzene rings is 2. The summed E-state index contributed by atoms with van der Waals surface area (Å²) >= 11 is 9.23. The lowest BCUT2D eigenvalue weighted by Gasteiger charge is -2.10. The number of amides is 1. The van der Waals surface area contributed by atoms with Gasteiger partial charge in [0.2, 0.25) is 0 Å². The Kier molecular flexibility index (Phi) is 4.50. The maximum absolute atomic E-state index is 12.2. The Balaban J connectivity index is 2.36. The van der Waals surface area contributed by atoms with Gasteiger partial charge in [-0.15, -0.1) is 0 Å². The third-order valence-corrected chi connectivity index (χ3v) is 3.97. The Morgan fingerprint density at radius 3 is 2.52 bits per heavy atom. The molecule has 0 atom stereocenters. The maximum atomic E-state index is 12.2. The molecule has 2 aromatic carbocycles. The number of carbonyl (C=O) groups is 2. The van der Waals surface area contributed by atoms with Gasteiger partial charge in [0, 0.05) is 4.47 Å². The van der Waals surface area contributed by atoms with Crippen LogP contribution < -0.4 is 5.32 Å². The minimum atomic E-state index is -1.26. The molecule has 2 aromatic rings. The van der Waals surface area contributed by atoms with Gasteiger partial charge < -0.3 is 15.5 Å². The molecule has 0 aromatic heterocycles. The van der Waals surface area contributed by atoms with Gasteiger partial charge in [0.1, 0.15) is 5.75 Å². The van der Waals surface area contributed by atoms with Crippen molar-refractivity contribution in [3.63, 3.8) is 0 Å². The number of carboxylic acid groups (broad SMARTS) is 1. The SMILES string of the molecule is O=C(O)c1cc(O)ccc1NC(=O)c1cccc(Br)c1Cl. The van der Waals surface area contributed by atoms with Gasteiger partial charge in [0.15, 0.2) is 0 Å². The molecule has 5 nitrogen and oxygen atoms in total. The normalized spacial score (nSPS) is 10.2. The first-order valence-corrected chi connectivity index (χ1v) is 6.89. The minimum Gasteiger partial charge on any atom is -0.508 e. The average molecular weight is 371 g/mol. The maximum Gasteiger partial charge on any atom is 0.337 e. The van der Waals surface area contributed by atoms with Crippen LogP contribution in [0.5, 0.6) is 5.75 Å². The Bertz CT molecular complexity index is 733. The van der Waals surface area contributed by atoms with Crippen LogP contribution in [0.15, 0.2) is 40.9 Å². The van der Waals surface area contributed by atoms with E-state index in [-0.39, 0.29) is 27.6 Å². The van der Waals surface area contributed by atoms with Crippen LogP contribution in [0.3, 0.4) is 0 Å². The molecule has 0 aliphatic carbocycles. The molecule has 21 heavy (non-hydrogen) atoms. The highest BCUT2D eigenvalue weighted by molar-refractivity contribution is 9.10. The van der Waals surface area contributed by atoms with Crippen molar-refractivity contribution in [2.45, 2.75) is 0 Å². The first-order valence-electron chi connectivity index (χ1n) is 5.72. The summed E-state index contributed by atoms with van der Waals surface area (Å²) in [5, 5.41) is 21.1. The number of nitrogens with one attached hydrogen (secondary N) is 1. The first-order chi connectivity index (χ1) is 9.90. The Morgan fingerprint density at radius 2 is 1.86 bits per heavy atom. The molecule has 0 aliphatic rings. The largest absolute Gasteiger partial charge is 0.508 e. The van der Waals surface area contributed by atoms with Gasteiger partial charge in [0.05, 0.1) is 21.8 Å². The van der Waals surface area contributed by atoms with Crippen molar-refractivity contribution in [2.75, 3.05) is 5.32 Å². The van der Waals surface area contributed by atoms with E-state index in [1.54, 1.807) is 12.1 Å². The zero-order chi connectivity index (χ0) is 15.6. The predicted octanol–water partition coefficient (Wildman–Crippen LogP) is 3.76. The third kappa shape index (κ3) is 3.34. The zero-order valence-corrected chi connectivity index (χ0v) is 12.8. The summed E-state index contributed by atoms with van der Waals surface area (Å²) in [5.74, 6) is -2.01. The summed E-state index contributed by atoms with van der Waals surface area (Å²) in [6.45, 7) is 0. The summed E-state index contributed by atoms with van der Waals surface area (Å²) < 4.78 is 0.556. The second kappa shape index (κ2) is 6.15. The average Bonchev–Trinajstić information content (AvgIpc) is 2.43. The highest BCUT2D eigenvalue weighted by atomic mass is 79.9. The number of phenolic OH excluding ortho intramolecular Hbond substituents is 1. The van der Waals surface area contributed by atoms with E-state index >= 15 is 0 Å². The quantitative estimate of drug-likeness (QED) is 0.718. The van der Waals surface area contributed by atoms with Crippen LogP contribution in [0, 0.1) is 0 Å². The fraction of sp³-hybridized carbons (Fsp3) is 0. The van der Waals surface area contributed by atoms with Crippen molar-refractivity contribution in [3.05, 3.63) is 57.0 Å². The zero-order valence-electron chi connectivity index (χ0n) is 10.4. The Morgan fingerprint density at radius 1 is 1.14 bits per heavy atom. The van der Waals surface area contributed by atoms with Crippen LogP contribution in [0.2, 0.25) is 5.02 Å². The lowest BCUT2D eigenvalue weighted by molar-refractivity contribution is 0.0697. The van der Waals surface area contributed by atoms with Crippen LogP contribution in [-0.4, -0.2) is 22.1 Å². The lowest BCUT2D eigenvalue weighted by atomic mass is 10.1. The molecule has 1 amide bonds. The summed E-state index contributed by atoms with van der Waals surface area (Å²) in [4.78, 5) is 23.3. The van der Waals surface area contributed by atoms with Gasteiger partial charge in [-0.3, -0.25) is 4.79 Å². The number of hydrogen-bond acceptors (Lipinski definition) is 3. The summed E-state index contributed by atoms with van der Waals surface area (Å²) in [5.41, 5.74) is 0.0614. The predicted molar refractivity (Wildman–Crippen MR) is 82.2 cm³/mol. The van der Waals surface area contributed by atoms with Crippen LogP contribution >= 0.6 is 27.5 Å². The lowest BCUT2D eigenvalue weighted by Crippen LogP contribution is -2.15. The van der Waals surface area contributed by atoms with Gasteiger partial charge in [-0.1, -0.05) is 17.7 Å². The van der Waals surface area contributed by atoms with Gasteiger partial charge in [-0.2, -0.15) is 0 Å². The second-order valence-electron chi connectivity index (χ2n) is 4.09. The van der Waals surface area contributed by atoms with Crippen molar-refractivity contribution in [3.8, 4) is 5.75 Å². The topological polar surface area (TPSA) is 86.6 Å². The molecule has 0 aliphatic heterocycles. The van der Waals surface area contributed by atoms with Crippen LogP contribution in [0.25, 0.3) is 0 Å². The summed E-state index contributed by atoms with van der Waals surface area (Å²) in [7, 11) is 0. The molecular weight excluding hydrogens is 362 g/mol. The van der Waals surface area contributed by atoms with E-state index in [1.165, 1.54) is 18.2 Å². The van der Waals surface area contributed by atoms with E-state index < -0.39 is 11.9 Å². The summed E-state index contributed by atoms with van der Waals surface area (Å²) in [6.07, 6.45) is 0. The monoisotopic (exact) mass is 369 g/mol. The fourth-order valence-corrected chi connectivity index (χ4v) is 2.26. The molecule has 3 N–H and O–H groups in total. The smallest absolute Gasteiger partial charge is 0.337 e. The number of carboxylic acids is 1. The van der Waals surface area contributed by atoms with Crippen LogP contribution in [-0.2, 0) is 0 Å². The molecule has 108 valence electrons. The standard InChI is InChI=1S/C14H9BrClNO4/c15-10-3-1-2-8(12(10)16)13(19)17-11-5-4-7(18)6-9(11)14(20)21/h1-6,18H,(H,17,19)(H,20,21). The number of rotatable bonds is 3. The molecule has 0 saturated heterocycles. The fourth-order valence-electron chi connectivity index (χ4n) is 1.69. The van der Waals surface area contributed by atoms with Crippen LogP contribution in [0.4, 0.5) is 5.69 Å². The molecule has 0 bridgehead atoms. The number of phenols is 1. The van der Waals surface area contributed by atoms with Crippen molar-refractivity contribution < 1.29 is 19.8 Å². The van der Waals surface area contributed by atoms with Gasteiger partial charge in [-0.25, -0.2) is 4.79 Å². The molecule has 0 spiro atoms. The first kappa shape index (κ1) is 15.3. The van der Waals surface area contributed by atoms with E-state index in [0.29, 0.717) is 4.47 Å². The molecule has 7 heteroatoms. The van der Waals surface area contributed by atoms with E-state index in [0.717, 1.165) is 6.07 Å². The van der Waals surface area contributed by atoms with Crippen molar-refractivity contribution in [1.29, 1.82) is 0 Å². The number of aromatic hydroxyl groups is 1. The number of aromatic carboxylic acids is 1. The van der Waals surface area contributed by atoms with E-state index in [2.05, 4.69) is 21.2 Å². The highest BCUT2D eigenvalue weighted by Crippen LogP contribution is 2.27. The molecule has 0 saturated carbocycles. The van der Waals surface area contributed by atoms with Gasteiger partial charge in [0.25, 0.3) is 5.91 Å². The molecule has 0 radical (unpaired) electrons. The van der Waals surface area contributed by atoms with E-state index in [1.807, 2.05) is 0 Å². The molecule has 0 heterocycles. The van der Waals surface area contributed by atoms with Crippen LogP contribution in [0.1, 0.15) is 20.7 Å². The van der Waals surface area contributed by atoms with Crippen molar-refractivity contribution >= 4 is 45.1 Å². The Hall–Kier alpha value is -2.05. The van der Waals surface area contributed by atoms with E-state index in [9.17, 15) is 14.7 Å². The summed E-state index contributed by atoms with van der Waals surface area (Å²) in [6, 6.07) is 8.49. The minimum absolute atomic E-state index is 0.0707.